The molecule has 0 fully saturated rings. The molecule has 1 aromatic carbocycles. The van der Waals surface area contributed by atoms with Crippen LogP contribution in [-0.4, -0.2) is 42.5 Å². The maximum Gasteiger partial charge on any atom is 0.408 e. The van der Waals surface area contributed by atoms with Gasteiger partial charge in [0.1, 0.15) is 11.6 Å². The quantitative estimate of drug-likeness (QED) is 0.429. The van der Waals surface area contributed by atoms with Crippen molar-refractivity contribution in [1.82, 2.24) is 5.32 Å². The first kappa shape index (κ1) is 22.1. The molecule has 0 bridgehead atoms. The summed E-state index contributed by atoms with van der Waals surface area (Å²) in [4.78, 5) is 48.2. The predicted molar refractivity (Wildman–Crippen MR) is 99.5 cm³/mol. The molecule has 0 aliphatic rings. The van der Waals surface area contributed by atoms with E-state index >= 15 is 0 Å². The van der Waals surface area contributed by atoms with Crippen LogP contribution in [0.25, 0.3) is 0 Å². The van der Waals surface area contributed by atoms with Crippen LogP contribution in [0.4, 0.5) is 10.5 Å². The molecule has 2 N–H and O–H groups in total. The molecule has 0 unspecified atom stereocenters. The van der Waals surface area contributed by atoms with E-state index < -0.39 is 35.4 Å². The monoisotopic (exact) mass is 378 g/mol. The number of Topliss-reactive ketones (excluding diaryl/α,β-unsaturated/α-hetero) is 1. The van der Waals surface area contributed by atoms with Crippen LogP contribution in [0.3, 0.4) is 0 Å². The average molecular weight is 378 g/mol. The van der Waals surface area contributed by atoms with Gasteiger partial charge in [-0.1, -0.05) is 25.5 Å². The lowest BCUT2D eigenvalue weighted by Gasteiger charge is -2.23. The maximum atomic E-state index is 12.6. The summed E-state index contributed by atoms with van der Waals surface area (Å²) < 4.78 is 9.61. The molecule has 8 nitrogen and oxygen atoms in total. The molecule has 0 heterocycles. The van der Waals surface area contributed by atoms with Crippen molar-refractivity contribution in [3.05, 3.63) is 29.8 Å². The summed E-state index contributed by atoms with van der Waals surface area (Å²) in [6.45, 7) is 7.02. The van der Waals surface area contributed by atoms with E-state index in [4.69, 9.17) is 4.74 Å². The molecular formula is C19H26N2O6. The first-order valence-electron chi connectivity index (χ1n) is 8.61. The molecule has 148 valence electrons. The van der Waals surface area contributed by atoms with Gasteiger partial charge in [-0.25, -0.2) is 9.59 Å². The molecule has 2 amide bonds. The number of hydrogen-bond acceptors (Lipinski definition) is 6. The summed E-state index contributed by atoms with van der Waals surface area (Å²) in [5, 5.41) is 5.11. The summed E-state index contributed by atoms with van der Waals surface area (Å²) >= 11 is 0. The number of benzene rings is 1. The lowest BCUT2D eigenvalue weighted by atomic mass is 10.1. The second kappa shape index (κ2) is 9.70. The maximum absolute atomic E-state index is 12.6. The Hall–Kier alpha value is -2.90. The Kier molecular flexibility index (Phi) is 7.96. The van der Waals surface area contributed by atoms with E-state index in [1.165, 1.54) is 12.1 Å². The Morgan fingerprint density at radius 2 is 1.74 bits per heavy atom. The Labute approximate surface area is 158 Å². The molecule has 1 atom stereocenters. The molecule has 0 radical (unpaired) electrons. The lowest BCUT2D eigenvalue weighted by Crippen LogP contribution is -2.45. The smallest absolute Gasteiger partial charge is 0.408 e. The van der Waals surface area contributed by atoms with Crippen molar-refractivity contribution in [2.24, 2.45) is 0 Å². The number of carbonyl (C=O) groups excluding carboxylic acids is 4. The SMILES string of the molecule is CCC[C@H](NC(=O)OC(C)(C)C)C(=O)Nc1ccccc1C(=O)C(=O)OC. The van der Waals surface area contributed by atoms with E-state index in [1.54, 1.807) is 32.9 Å². The third-order valence-corrected chi connectivity index (χ3v) is 3.39. The first-order valence-corrected chi connectivity index (χ1v) is 8.61. The van der Waals surface area contributed by atoms with Gasteiger partial charge in [0, 0.05) is 0 Å². The summed E-state index contributed by atoms with van der Waals surface area (Å²) in [5.74, 6) is -2.43. The Morgan fingerprint density at radius 1 is 1.11 bits per heavy atom. The van der Waals surface area contributed by atoms with Gasteiger partial charge < -0.3 is 20.1 Å². The molecule has 1 rings (SSSR count). The molecule has 0 aromatic heterocycles. The van der Waals surface area contributed by atoms with Gasteiger partial charge in [-0.2, -0.15) is 0 Å². The highest BCUT2D eigenvalue weighted by Crippen LogP contribution is 2.17. The van der Waals surface area contributed by atoms with Crippen LogP contribution in [-0.2, 0) is 19.1 Å². The fourth-order valence-corrected chi connectivity index (χ4v) is 2.22. The number of carbonyl (C=O) groups is 4. The average Bonchev–Trinajstić information content (AvgIpc) is 2.58. The highest BCUT2D eigenvalue weighted by atomic mass is 16.6. The van der Waals surface area contributed by atoms with Crippen LogP contribution < -0.4 is 10.6 Å². The van der Waals surface area contributed by atoms with Gasteiger partial charge in [-0.3, -0.25) is 9.59 Å². The number of rotatable bonds is 7. The van der Waals surface area contributed by atoms with E-state index in [2.05, 4.69) is 15.4 Å². The standard InChI is InChI=1S/C19H26N2O6/c1-6-9-14(21-18(25)27-19(2,3)4)16(23)20-13-11-8-7-10-12(13)15(22)17(24)26-5/h7-8,10-11,14H,6,9H2,1-5H3,(H,20,23)(H,21,25)/t14-/m0/s1. The van der Waals surface area contributed by atoms with Crippen LogP contribution >= 0.6 is 0 Å². The van der Waals surface area contributed by atoms with Crippen LogP contribution in [0, 0.1) is 0 Å². The summed E-state index contributed by atoms with van der Waals surface area (Å²) in [6.07, 6.45) is 0.296. The number of ether oxygens (including phenoxy) is 2. The number of nitrogens with one attached hydrogen (secondary N) is 2. The van der Waals surface area contributed by atoms with E-state index in [1.807, 2.05) is 6.92 Å². The molecule has 27 heavy (non-hydrogen) atoms. The zero-order valence-electron chi connectivity index (χ0n) is 16.3. The molecule has 1 aromatic rings. The van der Waals surface area contributed by atoms with Crippen molar-refractivity contribution in [2.45, 2.75) is 52.2 Å². The van der Waals surface area contributed by atoms with E-state index in [-0.39, 0.29) is 11.3 Å². The van der Waals surface area contributed by atoms with Gasteiger partial charge in [0.05, 0.1) is 18.4 Å². The van der Waals surface area contributed by atoms with Crippen molar-refractivity contribution >= 4 is 29.4 Å². The second-order valence-electron chi connectivity index (χ2n) is 6.84. The van der Waals surface area contributed by atoms with Crippen molar-refractivity contribution in [3.8, 4) is 0 Å². The van der Waals surface area contributed by atoms with Crippen LogP contribution in [0.15, 0.2) is 24.3 Å². The molecule has 0 spiro atoms. The van der Waals surface area contributed by atoms with E-state index in [0.717, 1.165) is 7.11 Å². The van der Waals surface area contributed by atoms with Gasteiger partial charge in [0.25, 0.3) is 5.78 Å². The van der Waals surface area contributed by atoms with Gasteiger partial charge in [-0.05, 0) is 39.3 Å². The van der Waals surface area contributed by atoms with Crippen LogP contribution in [0.2, 0.25) is 0 Å². The van der Waals surface area contributed by atoms with Crippen LogP contribution in [0.1, 0.15) is 50.9 Å². The Morgan fingerprint density at radius 3 is 2.30 bits per heavy atom. The zero-order valence-corrected chi connectivity index (χ0v) is 16.3. The predicted octanol–water partition coefficient (Wildman–Crippen LogP) is 2.67. The van der Waals surface area contributed by atoms with Crippen LogP contribution in [0.5, 0.6) is 0 Å². The number of para-hydroxylation sites is 1. The first-order chi connectivity index (χ1) is 12.6. The molecule has 0 aliphatic heterocycles. The third kappa shape index (κ3) is 7.08. The number of alkyl carbamates (subject to hydrolysis) is 1. The number of hydrogen-bond donors (Lipinski definition) is 2. The summed E-state index contributed by atoms with van der Waals surface area (Å²) in [6, 6.07) is 5.22. The highest BCUT2D eigenvalue weighted by molar-refractivity contribution is 6.42. The zero-order chi connectivity index (χ0) is 20.6. The molecule has 0 saturated carbocycles. The number of amides is 2. The van der Waals surface area contributed by atoms with Gasteiger partial charge in [-0.15, -0.1) is 0 Å². The number of anilines is 1. The second-order valence-corrected chi connectivity index (χ2v) is 6.84. The van der Waals surface area contributed by atoms with Crippen molar-refractivity contribution < 1.29 is 28.7 Å². The molecular weight excluding hydrogens is 352 g/mol. The minimum Gasteiger partial charge on any atom is -0.463 e. The Balaban J connectivity index is 2.95. The topological polar surface area (TPSA) is 111 Å². The molecule has 0 aliphatic carbocycles. The number of esters is 1. The fraction of sp³-hybridized carbons (Fsp3) is 0.474. The molecule has 0 saturated heterocycles. The lowest BCUT2D eigenvalue weighted by molar-refractivity contribution is -0.135. The Bertz CT molecular complexity index is 708. The van der Waals surface area contributed by atoms with E-state index in [0.29, 0.717) is 12.8 Å². The molecule has 8 heteroatoms. The van der Waals surface area contributed by atoms with Crippen molar-refractivity contribution in [2.75, 3.05) is 12.4 Å². The van der Waals surface area contributed by atoms with Gasteiger partial charge in [0.2, 0.25) is 5.91 Å². The largest absolute Gasteiger partial charge is 0.463 e. The minimum absolute atomic E-state index is 0.00483. The summed E-state index contributed by atoms with van der Waals surface area (Å²) in [7, 11) is 1.10. The minimum atomic E-state index is -1.03. The van der Waals surface area contributed by atoms with Crippen molar-refractivity contribution in [3.63, 3.8) is 0 Å². The van der Waals surface area contributed by atoms with Gasteiger partial charge in [0.15, 0.2) is 0 Å². The third-order valence-electron chi connectivity index (χ3n) is 3.39. The highest BCUT2D eigenvalue weighted by Gasteiger charge is 2.26. The fourth-order valence-electron chi connectivity index (χ4n) is 2.22. The van der Waals surface area contributed by atoms with E-state index in [9.17, 15) is 19.2 Å². The van der Waals surface area contributed by atoms with Gasteiger partial charge >= 0.3 is 12.1 Å². The summed E-state index contributed by atoms with van der Waals surface area (Å²) in [5.41, 5.74) is -0.535. The number of methoxy groups -OCH3 is 1. The number of ketones is 1. The normalized spacial score (nSPS) is 11.9. The van der Waals surface area contributed by atoms with Crippen molar-refractivity contribution in [1.29, 1.82) is 0 Å².